The number of benzene rings is 2. The van der Waals surface area contributed by atoms with Crippen LogP contribution in [0, 0.1) is 5.82 Å². The van der Waals surface area contributed by atoms with Crippen LogP contribution >= 0.6 is 11.6 Å². The molecule has 1 aliphatic heterocycles. The molecule has 0 spiro atoms. The summed E-state index contributed by atoms with van der Waals surface area (Å²) in [6, 6.07) is 16.4. The molecule has 0 atom stereocenters. The first-order valence-corrected chi connectivity index (χ1v) is 11.8. The predicted molar refractivity (Wildman–Crippen MR) is 133 cm³/mol. The summed E-state index contributed by atoms with van der Waals surface area (Å²) in [6.07, 6.45) is 1.68. The lowest BCUT2D eigenvalue weighted by Gasteiger charge is -2.36. The maximum absolute atomic E-state index is 13.1. The normalized spacial score (nSPS) is 13.5. The van der Waals surface area contributed by atoms with Crippen LogP contribution in [0.15, 0.2) is 71.7 Å². The van der Waals surface area contributed by atoms with Crippen molar-refractivity contribution in [3.05, 3.63) is 99.2 Å². The largest absolute Gasteiger partial charge is 0.368 e. The number of aromatic nitrogens is 1. The Labute approximate surface area is 207 Å². The summed E-state index contributed by atoms with van der Waals surface area (Å²) < 4.78 is 14.6. The van der Waals surface area contributed by atoms with Gasteiger partial charge in [-0.2, -0.15) is 0 Å². The van der Waals surface area contributed by atoms with Crippen molar-refractivity contribution in [2.45, 2.75) is 13.0 Å². The van der Waals surface area contributed by atoms with Crippen LogP contribution in [0.4, 0.5) is 10.1 Å². The van der Waals surface area contributed by atoms with Gasteiger partial charge in [-0.05, 0) is 42.0 Å². The second-order valence-corrected chi connectivity index (χ2v) is 8.73. The minimum atomic E-state index is -0.355. The van der Waals surface area contributed by atoms with Crippen LogP contribution in [-0.2, 0) is 11.3 Å². The van der Waals surface area contributed by atoms with Crippen molar-refractivity contribution in [2.75, 3.05) is 37.6 Å². The number of pyridine rings is 1. The molecule has 0 radical (unpaired) electrons. The zero-order chi connectivity index (χ0) is 24.8. The molecule has 9 heteroatoms. The van der Waals surface area contributed by atoms with Crippen LogP contribution in [-0.4, -0.2) is 54.0 Å². The van der Waals surface area contributed by atoms with E-state index in [0.717, 1.165) is 11.3 Å². The molecule has 0 unspecified atom stereocenters. The Morgan fingerprint density at radius 2 is 1.66 bits per heavy atom. The molecule has 3 aromatic rings. The summed E-state index contributed by atoms with van der Waals surface area (Å²) in [5.41, 5.74) is 1.80. The van der Waals surface area contributed by atoms with E-state index in [0.29, 0.717) is 36.8 Å². The summed E-state index contributed by atoms with van der Waals surface area (Å²) in [7, 11) is 0. The molecule has 35 heavy (non-hydrogen) atoms. The van der Waals surface area contributed by atoms with Gasteiger partial charge in [-0.15, -0.1) is 0 Å². The molecule has 0 aliphatic carbocycles. The number of hydrogen-bond acceptors (Lipinski definition) is 4. The van der Waals surface area contributed by atoms with Crippen molar-refractivity contribution in [3.8, 4) is 0 Å². The van der Waals surface area contributed by atoms with E-state index in [4.69, 9.17) is 11.6 Å². The van der Waals surface area contributed by atoms with E-state index in [2.05, 4.69) is 10.2 Å². The average Bonchev–Trinajstić information content (AvgIpc) is 2.87. The molecule has 1 fully saturated rings. The lowest BCUT2D eigenvalue weighted by molar-refractivity contribution is -0.131. The van der Waals surface area contributed by atoms with E-state index in [9.17, 15) is 18.8 Å². The Hall–Kier alpha value is -3.65. The van der Waals surface area contributed by atoms with E-state index in [1.165, 1.54) is 35.0 Å². The third-order valence-electron chi connectivity index (χ3n) is 5.99. The molecular formula is C26H26ClFN4O3. The van der Waals surface area contributed by atoms with Crippen molar-refractivity contribution in [1.82, 2.24) is 14.8 Å². The molecule has 4 rings (SSSR count). The third-order valence-corrected chi connectivity index (χ3v) is 6.36. The second kappa shape index (κ2) is 11.2. The summed E-state index contributed by atoms with van der Waals surface area (Å²) in [6.45, 7) is 2.91. The fourth-order valence-electron chi connectivity index (χ4n) is 4.01. The van der Waals surface area contributed by atoms with Crippen LogP contribution < -0.4 is 15.8 Å². The monoisotopic (exact) mass is 496 g/mol. The number of carbonyl (C=O) groups excluding carboxylic acids is 2. The Morgan fingerprint density at radius 3 is 2.37 bits per heavy atom. The lowest BCUT2D eigenvalue weighted by Crippen LogP contribution is -2.49. The van der Waals surface area contributed by atoms with Gasteiger partial charge in [0.2, 0.25) is 5.91 Å². The molecule has 7 nitrogen and oxygen atoms in total. The molecular weight excluding hydrogens is 471 g/mol. The Morgan fingerprint density at radius 1 is 0.943 bits per heavy atom. The van der Waals surface area contributed by atoms with Crippen LogP contribution in [0.5, 0.6) is 0 Å². The van der Waals surface area contributed by atoms with Crippen LogP contribution in [0.2, 0.25) is 5.02 Å². The molecule has 0 bridgehead atoms. The quantitative estimate of drug-likeness (QED) is 0.545. The maximum Gasteiger partial charge on any atom is 0.252 e. The highest BCUT2D eigenvalue weighted by molar-refractivity contribution is 6.31. The van der Waals surface area contributed by atoms with Gasteiger partial charge in [-0.25, -0.2) is 4.39 Å². The Bertz CT molecular complexity index is 1250. The van der Waals surface area contributed by atoms with E-state index in [-0.39, 0.29) is 42.7 Å². The minimum Gasteiger partial charge on any atom is -0.368 e. The van der Waals surface area contributed by atoms with Gasteiger partial charge >= 0.3 is 0 Å². The van der Waals surface area contributed by atoms with Gasteiger partial charge in [0.1, 0.15) is 5.82 Å². The van der Waals surface area contributed by atoms with Gasteiger partial charge < -0.3 is 19.7 Å². The second-order valence-electron chi connectivity index (χ2n) is 8.33. The number of nitrogens with zero attached hydrogens (tertiary/aromatic N) is 3. The van der Waals surface area contributed by atoms with Crippen LogP contribution in [0.1, 0.15) is 22.3 Å². The highest BCUT2D eigenvalue weighted by atomic mass is 35.5. The Kier molecular flexibility index (Phi) is 7.82. The number of carbonyl (C=O) groups is 2. The number of hydrogen-bond donors (Lipinski definition) is 1. The van der Waals surface area contributed by atoms with E-state index >= 15 is 0 Å². The summed E-state index contributed by atoms with van der Waals surface area (Å²) in [5.74, 6) is -0.663. The maximum atomic E-state index is 13.1. The SMILES string of the molecule is O=C(NCCC(=O)N1CCN(c2ccc(F)cc2)CC1)c1ccc(=O)n(Cc2ccccc2Cl)c1. The standard InChI is InChI=1S/C26H26ClFN4O3/c27-23-4-2-1-3-19(23)17-32-18-20(5-10-24(32)33)26(35)29-12-11-25(34)31-15-13-30(14-16-31)22-8-6-21(28)7-9-22/h1-10,18H,11-17H2,(H,29,35). The summed E-state index contributed by atoms with van der Waals surface area (Å²) in [5, 5.41) is 3.30. The molecule has 182 valence electrons. The average molecular weight is 497 g/mol. The van der Waals surface area contributed by atoms with Gasteiger partial charge in [0.05, 0.1) is 12.1 Å². The van der Waals surface area contributed by atoms with E-state index in [1.54, 1.807) is 23.1 Å². The number of anilines is 1. The summed E-state index contributed by atoms with van der Waals surface area (Å²) >= 11 is 6.19. The summed E-state index contributed by atoms with van der Waals surface area (Å²) in [4.78, 5) is 41.3. The van der Waals surface area contributed by atoms with Crippen LogP contribution in [0.25, 0.3) is 0 Å². The molecule has 2 amide bonds. The van der Waals surface area contributed by atoms with E-state index in [1.807, 2.05) is 18.2 Å². The molecule has 2 heterocycles. The zero-order valence-corrected chi connectivity index (χ0v) is 19.9. The minimum absolute atomic E-state index is 0.0345. The smallest absolute Gasteiger partial charge is 0.252 e. The first kappa shape index (κ1) is 24.5. The number of nitrogens with one attached hydrogen (secondary N) is 1. The van der Waals surface area contributed by atoms with Crippen molar-refractivity contribution < 1.29 is 14.0 Å². The number of rotatable bonds is 7. The first-order valence-electron chi connectivity index (χ1n) is 11.4. The van der Waals surface area contributed by atoms with Crippen molar-refractivity contribution in [2.24, 2.45) is 0 Å². The molecule has 0 saturated carbocycles. The van der Waals surface area contributed by atoms with Gasteiger partial charge in [0.15, 0.2) is 0 Å². The van der Waals surface area contributed by atoms with Gasteiger partial charge in [0.25, 0.3) is 11.5 Å². The molecule has 1 aliphatic rings. The molecule has 1 saturated heterocycles. The fraction of sp³-hybridized carbons (Fsp3) is 0.269. The first-order chi connectivity index (χ1) is 16.9. The van der Waals surface area contributed by atoms with Crippen molar-refractivity contribution in [3.63, 3.8) is 0 Å². The van der Waals surface area contributed by atoms with Crippen molar-refractivity contribution >= 4 is 29.1 Å². The lowest BCUT2D eigenvalue weighted by atomic mass is 10.2. The number of piperazine rings is 1. The van der Waals surface area contributed by atoms with Crippen molar-refractivity contribution in [1.29, 1.82) is 0 Å². The molecule has 2 aromatic carbocycles. The zero-order valence-electron chi connectivity index (χ0n) is 19.1. The Balaban J connectivity index is 1.26. The molecule has 1 N–H and O–H groups in total. The number of halogens is 2. The molecule has 1 aromatic heterocycles. The topological polar surface area (TPSA) is 74.7 Å². The highest BCUT2D eigenvalue weighted by Gasteiger charge is 2.21. The third kappa shape index (κ3) is 6.27. The van der Waals surface area contributed by atoms with Gasteiger partial charge in [-0.1, -0.05) is 29.8 Å². The van der Waals surface area contributed by atoms with Gasteiger partial charge in [-0.3, -0.25) is 14.4 Å². The predicted octanol–water partition coefficient (Wildman–Crippen LogP) is 3.16. The fourth-order valence-corrected chi connectivity index (χ4v) is 4.20. The van der Waals surface area contributed by atoms with E-state index < -0.39 is 0 Å². The van der Waals surface area contributed by atoms with Gasteiger partial charge in [0, 0.05) is 62.1 Å². The highest BCUT2D eigenvalue weighted by Crippen LogP contribution is 2.17. The number of amides is 2. The van der Waals surface area contributed by atoms with Crippen LogP contribution in [0.3, 0.4) is 0 Å².